The fourth-order valence-electron chi connectivity index (χ4n) is 1.99. The van der Waals surface area contributed by atoms with Gasteiger partial charge in [-0.25, -0.2) is 12.8 Å². The zero-order valence-corrected chi connectivity index (χ0v) is 13.7. The van der Waals surface area contributed by atoms with Gasteiger partial charge in [0.25, 0.3) is 10.0 Å². The van der Waals surface area contributed by atoms with Gasteiger partial charge in [0.2, 0.25) is 0 Å². The fourth-order valence-corrected chi connectivity index (χ4v) is 3.27. The predicted molar refractivity (Wildman–Crippen MR) is 85.8 cm³/mol. The van der Waals surface area contributed by atoms with Gasteiger partial charge in [-0.1, -0.05) is 0 Å². The number of methoxy groups -OCH3 is 1. The average Bonchev–Trinajstić information content (AvgIpc) is 2.48. The Morgan fingerprint density at radius 2 is 1.78 bits per heavy atom. The number of aryl methyl sites for hydroxylation is 1. The molecule has 1 N–H and O–H groups in total. The maximum atomic E-state index is 13.1. The molecule has 0 spiro atoms. The van der Waals surface area contributed by atoms with Crippen LogP contribution in [0.1, 0.15) is 5.56 Å². The fraction of sp³-hybridized carbons (Fsp3) is 0.250. The first-order chi connectivity index (χ1) is 10.9. The minimum atomic E-state index is -3.77. The number of ether oxygens (including phenoxy) is 2. The molecule has 0 saturated heterocycles. The van der Waals surface area contributed by atoms with Crippen LogP contribution in [0.3, 0.4) is 0 Å². The molecule has 0 fully saturated rings. The Hall–Kier alpha value is -2.12. The van der Waals surface area contributed by atoms with Crippen molar-refractivity contribution < 1.29 is 22.3 Å². The van der Waals surface area contributed by atoms with Crippen LogP contribution in [0, 0.1) is 12.7 Å². The van der Waals surface area contributed by atoms with Crippen molar-refractivity contribution in [3.05, 3.63) is 53.8 Å². The second-order valence-corrected chi connectivity index (χ2v) is 6.53. The molecule has 0 aliphatic carbocycles. The summed E-state index contributed by atoms with van der Waals surface area (Å²) >= 11 is 0. The Bertz CT molecular complexity index is 760. The first kappa shape index (κ1) is 17.2. The Kier molecular flexibility index (Phi) is 5.57. The third-order valence-corrected chi connectivity index (χ3v) is 4.63. The van der Waals surface area contributed by atoms with E-state index in [1.807, 2.05) is 0 Å². The van der Waals surface area contributed by atoms with Gasteiger partial charge in [0.1, 0.15) is 18.2 Å². The van der Waals surface area contributed by atoms with Crippen molar-refractivity contribution in [3.63, 3.8) is 0 Å². The molecule has 0 radical (unpaired) electrons. The van der Waals surface area contributed by atoms with Gasteiger partial charge < -0.3 is 9.47 Å². The van der Waals surface area contributed by atoms with E-state index in [4.69, 9.17) is 9.47 Å². The summed E-state index contributed by atoms with van der Waals surface area (Å²) in [6, 6.07) is 10.1. The molecule has 0 aliphatic rings. The second-order valence-electron chi connectivity index (χ2n) is 4.88. The molecule has 2 rings (SSSR count). The van der Waals surface area contributed by atoms with E-state index in [2.05, 4.69) is 4.72 Å². The Labute approximate surface area is 135 Å². The molecule has 0 unspecified atom stereocenters. The maximum absolute atomic E-state index is 13.1. The van der Waals surface area contributed by atoms with E-state index in [1.165, 1.54) is 12.1 Å². The minimum Gasteiger partial charge on any atom is -0.491 e. The van der Waals surface area contributed by atoms with Crippen LogP contribution in [0.5, 0.6) is 5.75 Å². The van der Waals surface area contributed by atoms with Gasteiger partial charge in [-0.2, -0.15) is 0 Å². The molecule has 124 valence electrons. The summed E-state index contributed by atoms with van der Waals surface area (Å²) in [5, 5.41) is 0. The molecule has 23 heavy (non-hydrogen) atoms. The first-order valence-electron chi connectivity index (χ1n) is 6.93. The summed E-state index contributed by atoms with van der Waals surface area (Å²) in [4.78, 5) is 0.0410. The summed E-state index contributed by atoms with van der Waals surface area (Å²) in [7, 11) is -2.19. The van der Waals surface area contributed by atoms with E-state index in [-0.39, 0.29) is 4.90 Å². The molecule has 0 atom stereocenters. The standard InChI is InChI=1S/C16H18FNO4S/c1-12-11-13(17)3-8-16(12)23(19,20)18-14-4-6-15(7-5-14)22-10-9-21-2/h3-8,11,18H,9-10H2,1-2H3. The molecule has 2 aromatic rings. The molecule has 0 bridgehead atoms. The number of rotatable bonds is 7. The van der Waals surface area contributed by atoms with Crippen LogP contribution >= 0.6 is 0 Å². The molecular weight excluding hydrogens is 321 g/mol. The van der Waals surface area contributed by atoms with Gasteiger partial charge in [0.15, 0.2) is 0 Å². The van der Waals surface area contributed by atoms with Gasteiger partial charge in [-0.3, -0.25) is 4.72 Å². The Morgan fingerprint density at radius 1 is 1.09 bits per heavy atom. The van der Waals surface area contributed by atoms with Gasteiger partial charge in [-0.15, -0.1) is 0 Å². The van der Waals surface area contributed by atoms with Crippen molar-refractivity contribution in [2.24, 2.45) is 0 Å². The number of benzene rings is 2. The zero-order chi connectivity index (χ0) is 16.9. The molecule has 2 aromatic carbocycles. The van der Waals surface area contributed by atoms with Gasteiger partial charge in [0, 0.05) is 12.8 Å². The highest BCUT2D eigenvalue weighted by Gasteiger charge is 2.17. The van der Waals surface area contributed by atoms with Crippen molar-refractivity contribution in [1.29, 1.82) is 0 Å². The maximum Gasteiger partial charge on any atom is 0.262 e. The smallest absolute Gasteiger partial charge is 0.262 e. The van der Waals surface area contributed by atoms with E-state index in [9.17, 15) is 12.8 Å². The molecule has 7 heteroatoms. The van der Waals surface area contributed by atoms with Crippen LogP contribution in [0.25, 0.3) is 0 Å². The number of hydrogen-bond acceptors (Lipinski definition) is 4. The van der Waals surface area contributed by atoms with Crippen molar-refractivity contribution in [1.82, 2.24) is 0 Å². The van der Waals surface area contributed by atoms with Crippen LogP contribution in [-0.4, -0.2) is 28.7 Å². The van der Waals surface area contributed by atoms with Crippen molar-refractivity contribution in [2.75, 3.05) is 25.0 Å². The lowest BCUT2D eigenvalue weighted by Gasteiger charge is -2.11. The molecule has 0 heterocycles. The van der Waals surface area contributed by atoms with Crippen molar-refractivity contribution in [3.8, 4) is 5.75 Å². The average molecular weight is 339 g/mol. The molecule has 0 aromatic heterocycles. The van der Waals surface area contributed by atoms with Gasteiger partial charge in [-0.05, 0) is 55.0 Å². The monoisotopic (exact) mass is 339 g/mol. The van der Waals surface area contributed by atoms with Crippen molar-refractivity contribution in [2.45, 2.75) is 11.8 Å². The lowest BCUT2D eigenvalue weighted by molar-refractivity contribution is 0.146. The van der Waals surface area contributed by atoms with Crippen LogP contribution in [0.15, 0.2) is 47.4 Å². The number of sulfonamides is 1. The van der Waals surface area contributed by atoms with Crippen LogP contribution in [0.4, 0.5) is 10.1 Å². The molecular formula is C16H18FNO4S. The Morgan fingerprint density at radius 3 is 2.39 bits per heavy atom. The summed E-state index contributed by atoms with van der Waals surface area (Å²) in [6.45, 7) is 2.43. The second kappa shape index (κ2) is 7.43. The molecule has 0 amide bonds. The normalized spacial score (nSPS) is 11.3. The quantitative estimate of drug-likeness (QED) is 0.788. The summed E-state index contributed by atoms with van der Waals surface area (Å²) < 4.78 is 50.5. The van der Waals surface area contributed by atoms with E-state index in [0.717, 1.165) is 6.07 Å². The van der Waals surface area contributed by atoms with Gasteiger partial charge in [0.05, 0.1) is 11.5 Å². The Balaban J connectivity index is 2.11. The van der Waals surface area contributed by atoms with Crippen LogP contribution in [-0.2, 0) is 14.8 Å². The van der Waals surface area contributed by atoms with Gasteiger partial charge >= 0.3 is 0 Å². The topological polar surface area (TPSA) is 64.6 Å². The minimum absolute atomic E-state index is 0.0410. The number of anilines is 1. The number of nitrogens with one attached hydrogen (secondary N) is 1. The predicted octanol–water partition coefficient (Wildman–Crippen LogP) is 2.96. The highest BCUT2D eigenvalue weighted by Crippen LogP contribution is 2.22. The summed E-state index contributed by atoms with van der Waals surface area (Å²) in [6.07, 6.45) is 0. The largest absolute Gasteiger partial charge is 0.491 e. The highest BCUT2D eigenvalue weighted by atomic mass is 32.2. The lowest BCUT2D eigenvalue weighted by Crippen LogP contribution is -2.14. The SMILES string of the molecule is COCCOc1ccc(NS(=O)(=O)c2ccc(F)cc2C)cc1. The van der Waals surface area contributed by atoms with E-state index >= 15 is 0 Å². The molecule has 5 nitrogen and oxygen atoms in total. The highest BCUT2D eigenvalue weighted by molar-refractivity contribution is 7.92. The van der Waals surface area contributed by atoms with Crippen LogP contribution < -0.4 is 9.46 Å². The zero-order valence-electron chi connectivity index (χ0n) is 12.9. The summed E-state index contributed by atoms with van der Waals surface area (Å²) in [5.74, 6) is 0.141. The summed E-state index contributed by atoms with van der Waals surface area (Å²) in [5.41, 5.74) is 0.741. The van der Waals surface area contributed by atoms with E-state index < -0.39 is 15.8 Å². The third-order valence-electron chi connectivity index (χ3n) is 3.09. The van der Waals surface area contributed by atoms with E-state index in [1.54, 1.807) is 38.3 Å². The van der Waals surface area contributed by atoms with Crippen LogP contribution in [0.2, 0.25) is 0 Å². The van der Waals surface area contributed by atoms with E-state index in [0.29, 0.717) is 30.2 Å². The van der Waals surface area contributed by atoms with Crippen molar-refractivity contribution >= 4 is 15.7 Å². The molecule has 0 saturated carbocycles. The first-order valence-corrected chi connectivity index (χ1v) is 8.41. The third kappa shape index (κ3) is 4.67. The number of hydrogen-bond donors (Lipinski definition) is 1. The molecule has 0 aliphatic heterocycles. The lowest BCUT2D eigenvalue weighted by atomic mass is 10.2. The number of halogens is 1.